The van der Waals surface area contributed by atoms with Crippen LogP contribution in [0, 0.1) is 9.39 Å². The predicted molar refractivity (Wildman–Crippen MR) is 93.2 cm³/mol. The van der Waals surface area contributed by atoms with E-state index in [4.69, 9.17) is 14.2 Å². The van der Waals surface area contributed by atoms with Crippen LogP contribution in [-0.4, -0.2) is 27.2 Å². The first kappa shape index (κ1) is 17.3. The van der Waals surface area contributed by atoms with Crippen molar-refractivity contribution in [2.24, 2.45) is 0 Å². The van der Waals surface area contributed by atoms with E-state index in [1.807, 2.05) is 22.6 Å². The van der Waals surface area contributed by atoms with Crippen molar-refractivity contribution in [3.8, 4) is 17.2 Å². The number of anilines is 1. The molecule has 5 nitrogen and oxygen atoms in total. The van der Waals surface area contributed by atoms with E-state index in [0.29, 0.717) is 32.1 Å². The molecule has 2 aromatic rings. The summed E-state index contributed by atoms with van der Waals surface area (Å²) in [6.45, 7) is 0. The van der Waals surface area contributed by atoms with Gasteiger partial charge in [0.15, 0.2) is 11.5 Å². The lowest BCUT2D eigenvalue weighted by molar-refractivity contribution is 0.102. The first-order chi connectivity index (χ1) is 11.0. The van der Waals surface area contributed by atoms with Crippen molar-refractivity contribution in [1.29, 1.82) is 0 Å². The molecule has 1 amide bonds. The molecule has 0 aliphatic heterocycles. The van der Waals surface area contributed by atoms with Crippen molar-refractivity contribution in [2.45, 2.75) is 0 Å². The predicted octanol–water partition coefficient (Wildman–Crippen LogP) is 3.71. The van der Waals surface area contributed by atoms with Gasteiger partial charge < -0.3 is 19.5 Å². The highest BCUT2D eigenvalue weighted by Gasteiger charge is 2.16. The van der Waals surface area contributed by atoms with Crippen LogP contribution in [0.2, 0.25) is 0 Å². The average Bonchev–Trinajstić information content (AvgIpc) is 2.53. The number of benzene rings is 2. The zero-order valence-electron chi connectivity index (χ0n) is 12.8. The van der Waals surface area contributed by atoms with Gasteiger partial charge in [-0.1, -0.05) is 0 Å². The third-order valence-electron chi connectivity index (χ3n) is 3.10. The third-order valence-corrected chi connectivity index (χ3v) is 3.99. The Morgan fingerprint density at radius 2 is 1.65 bits per heavy atom. The Bertz CT molecular complexity index is 711. The van der Waals surface area contributed by atoms with Crippen LogP contribution in [0.1, 0.15) is 10.4 Å². The molecule has 2 rings (SSSR count). The fourth-order valence-electron chi connectivity index (χ4n) is 2.03. The molecule has 122 valence electrons. The molecule has 0 heterocycles. The molecule has 0 radical (unpaired) electrons. The van der Waals surface area contributed by atoms with Crippen LogP contribution in [0.25, 0.3) is 0 Å². The summed E-state index contributed by atoms with van der Waals surface area (Å²) in [5, 5.41) is 2.74. The van der Waals surface area contributed by atoms with Crippen LogP contribution in [0.3, 0.4) is 0 Å². The van der Waals surface area contributed by atoms with Crippen LogP contribution in [0.15, 0.2) is 30.3 Å². The van der Waals surface area contributed by atoms with Gasteiger partial charge in [0.2, 0.25) is 5.75 Å². The maximum Gasteiger partial charge on any atom is 0.256 e. The molecule has 0 spiro atoms. The van der Waals surface area contributed by atoms with Crippen LogP contribution < -0.4 is 19.5 Å². The van der Waals surface area contributed by atoms with Crippen molar-refractivity contribution >= 4 is 34.2 Å². The number of rotatable bonds is 5. The highest BCUT2D eigenvalue weighted by Crippen LogP contribution is 2.40. The van der Waals surface area contributed by atoms with Crippen LogP contribution in [0.4, 0.5) is 10.1 Å². The van der Waals surface area contributed by atoms with Gasteiger partial charge in [0.25, 0.3) is 5.91 Å². The van der Waals surface area contributed by atoms with E-state index in [2.05, 4.69) is 5.32 Å². The fraction of sp³-hybridized carbons (Fsp3) is 0.188. The van der Waals surface area contributed by atoms with Gasteiger partial charge in [0.1, 0.15) is 5.82 Å². The van der Waals surface area contributed by atoms with Gasteiger partial charge in [0, 0.05) is 21.4 Å². The van der Waals surface area contributed by atoms with Gasteiger partial charge in [0.05, 0.1) is 26.9 Å². The van der Waals surface area contributed by atoms with E-state index in [-0.39, 0.29) is 5.91 Å². The molecule has 23 heavy (non-hydrogen) atoms. The SMILES string of the molecule is COc1cc(NC(=O)c2ccc(F)cc2I)cc(OC)c1OC. The number of hydrogen-bond donors (Lipinski definition) is 1. The molecule has 0 aliphatic carbocycles. The molecule has 0 atom stereocenters. The van der Waals surface area contributed by atoms with Gasteiger partial charge in [-0.05, 0) is 40.8 Å². The summed E-state index contributed by atoms with van der Waals surface area (Å²) >= 11 is 1.91. The molecule has 0 aromatic heterocycles. The first-order valence-corrected chi connectivity index (χ1v) is 7.64. The number of carbonyl (C=O) groups excluding carboxylic acids is 1. The zero-order chi connectivity index (χ0) is 17.0. The van der Waals surface area contributed by atoms with Crippen LogP contribution in [0.5, 0.6) is 17.2 Å². The number of amides is 1. The molecule has 7 heteroatoms. The minimum atomic E-state index is -0.390. The summed E-state index contributed by atoms with van der Waals surface area (Å²) in [6, 6.07) is 7.21. The summed E-state index contributed by atoms with van der Waals surface area (Å²) in [6.07, 6.45) is 0. The van der Waals surface area contributed by atoms with E-state index in [1.165, 1.54) is 39.5 Å². The fourth-order valence-corrected chi connectivity index (χ4v) is 2.75. The molecule has 0 saturated heterocycles. The summed E-state index contributed by atoms with van der Waals surface area (Å²) in [5.74, 6) is 0.540. The van der Waals surface area contributed by atoms with Crippen molar-refractivity contribution in [2.75, 3.05) is 26.6 Å². The minimum absolute atomic E-state index is 0.358. The number of methoxy groups -OCH3 is 3. The lowest BCUT2D eigenvalue weighted by atomic mass is 10.2. The second kappa shape index (κ2) is 7.49. The van der Waals surface area contributed by atoms with E-state index in [9.17, 15) is 9.18 Å². The average molecular weight is 431 g/mol. The van der Waals surface area contributed by atoms with Gasteiger partial charge in [-0.15, -0.1) is 0 Å². The number of carbonyl (C=O) groups is 1. The van der Waals surface area contributed by atoms with E-state index < -0.39 is 5.82 Å². The molecule has 2 aromatic carbocycles. The Balaban J connectivity index is 2.34. The normalized spacial score (nSPS) is 10.1. The largest absolute Gasteiger partial charge is 0.493 e. The molecule has 0 unspecified atom stereocenters. The topological polar surface area (TPSA) is 56.8 Å². The molecular formula is C16H15FINO4. The summed E-state index contributed by atoms with van der Waals surface area (Å²) in [5.41, 5.74) is 0.852. The minimum Gasteiger partial charge on any atom is -0.493 e. The zero-order valence-corrected chi connectivity index (χ0v) is 14.9. The third kappa shape index (κ3) is 3.84. The number of halogens is 2. The molecular weight excluding hydrogens is 416 g/mol. The Morgan fingerprint density at radius 3 is 2.13 bits per heavy atom. The number of nitrogens with one attached hydrogen (secondary N) is 1. The first-order valence-electron chi connectivity index (χ1n) is 6.56. The highest BCUT2D eigenvalue weighted by atomic mass is 127. The van der Waals surface area contributed by atoms with E-state index >= 15 is 0 Å². The van der Waals surface area contributed by atoms with Gasteiger partial charge in [-0.2, -0.15) is 0 Å². The Morgan fingerprint density at radius 1 is 1.04 bits per heavy atom. The second-order valence-electron chi connectivity index (χ2n) is 4.49. The van der Waals surface area contributed by atoms with Crippen molar-refractivity contribution in [1.82, 2.24) is 0 Å². The Labute approximate surface area is 146 Å². The number of hydrogen-bond acceptors (Lipinski definition) is 4. The molecule has 0 bridgehead atoms. The maximum atomic E-state index is 13.1. The van der Waals surface area contributed by atoms with Gasteiger partial charge in [-0.25, -0.2) is 4.39 Å². The van der Waals surface area contributed by atoms with Crippen molar-refractivity contribution < 1.29 is 23.4 Å². The molecule has 0 saturated carbocycles. The quantitative estimate of drug-likeness (QED) is 0.734. The molecule has 0 aliphatic rings. The summed E-state index contributed by atoms with van der Waals surface area (Å²) in [7, 11) is 4.48. The van der Waals surface area contributed by atoms with Crippen molar-refractivity contribution in [3.63, 3.8) is 0 Å². The maximum absolute atomic E-state index is 13.1. The lowest BCUT2D eigenvalue weighted by Gasteiger charge is -2.15. The highest BCUT2D eigenvalue weighted by molar-refractivity contribution is 14.1. The van der Waals surface area contributed by atoms with E-state index in [0.717, 1.165) is 0 Å². The smallest absolute Gasteiger partial charge is 0.256 e. The van der Waals surface area contributed by atoms with E-state index in [1.54, 1.807) is 12.1 Å². The molecule has 0 fully saturated rings. The monoisotopic (exact) mass is 431 g/mol. The van der Waals surface area contributed by atoms with Crippen LogP contribution in [-0.2, 0) is 0 Å². The van der Waals surface area contributed by atoms with Crippen molar-refractivity contribution in [3.05, 3.63) is 45.3 Å². The van der Waals surface area contributed by atoms with Gasteiger partial charge >= 0.3 is 0 Å². The summed E-state index contributed by atoms with van der Waals surface area (Å²) in [4.78, 5) is 12.3. The standard InChI is InChI=1S/C16H15FINO4/c1-21-13-7-10(8-14(22-2)15(13)23-3)19-16(20)11-5-4-9(17)6-12(11)18/h4-8H,1-3H3,(H,19,20). The van der Waals surface area contributed by atoms with Gasteiger partial charge in [-0.3, -0.25) is 4.79 Å². The second-order valence-corrected chi connectivity index (χ2v) is 5.65. The summed E-state index contributed by atoms with van der Waals surface area (Å²) < 4.78 is 29.4. The Hall–Kier alpha value is -2.03. The lowest BCUT2D eigenvalue weighted by Crippen LogP contribution is -2.14. The number of ether oxygens (including phenoxy) is 3. The van der Waals surface area contributed by atoms with Crippen LogP contribution >= 0.6 is 22.6 Å². The molecule has 1 N–H and O–H groups in total. The Kier molecular flexibility index (Phi) is 5.64.